The van der Waals surface area contributed by atoms with Crippen molar-refractivity contribution in [3.63, 3.8) is 0 Å². The fourth-order valence-corrected chi connectivity index (χ4v) is 3.05. The van der Waals surface area contributed by atoms with Crippen LogP contribution in [-0.4, -0.2) is 30.3 Å². The summed E-state index contributed by atoms with van der Waals surface area (Å²) in [7, 11) is 0. The number of ketones is 1. The molecule has 0 spiro atoms. The van der Waals surface area contributed by atoms with Crippen molar-refractivity contribution in [2.75, 3.05) is 0 Å². The maximum atomic E-state index is 12.7. The van der Waals surface area contributed by atoms with Crippen LogP contribution in [0.1, 0.15) is 27.4 Å². The molecule has 0 saturated carbocycles. The molecule has 4 heterocycles. The van der Waals surface area contributed by atoms with Gasteiger partial charge in [-0.05, 0) is 44.2 Å². The van der Waals surface area contributed by atoms with Crippen LogP contribution in [0.15, 0.2) is 55.0 Å². The van der Waals surface area contributed by atoms with Crippen LogP contribution in [0.3, 0.4) is 0 Å². The fraction of sp³-hybridized carbons (Fsp3) is 0.150. The van der Waals surface area contributed by atoms with E-state index in [1.54, 1.807) is 23.1 Å². The lowest BCUT2D eigenvalue weighted by atomic mass is 10.1. The molecule has 26 heavy (non-hydrogen) atoms. The Labute approximate surface area is 150 Å². The third-order valence-corrected chi connectivity index (χ3v) is 4.15. The Kier molecular flexibility index (Phi) is 4.01. The van der Waals surface area contributed by atoms with E-state index < -0.39 is 0 Å². The average molecular weight is 343 g/mol. The highest BCUT2D eigenvalue weighted by Crippen LogP contribution is 2.22. The van der Waals surface area contributed by atoms with Crippen LogP contribution in [0.4, 0.5) is 0 Å². The van der Waals surface area contributed by atoms with Gasteiger partial charge in [0, 0.05) is 35.0 Å². The maximum Gasteiger partial charge on any atom is 0.174 e. The smallest absolute Gasteiger partial charge is 0.174 e. The van der Waals surface area contributed by atoms with E-state index in [1.807, 2.05) is 50.2 Å². The van der Waals surface area contributed by atoms with Gasteiger partial charge in [0.1, 0.15) is 0 Å². The molecule has 0 atom stereocenters. The van der Waals surface area contributed by atoms with Crippen molar-refractivity contribution in [1.29, 1.82) is 0 Å². The second-order valence-corrected chi connectivity index (χ2v) is 6.18. The lowest BCUT2D eigenvalue weighted by Gasteiger charge is -2.07. The summed E-state index contributed by atoms with van der Waals surface area (Å²) < 4.78 is 1.71. The molecular weight excluding hydrogens is 326 g/mol. The number of rotatable bonds is 4. The second kappa shape index (κ2) is 6.48. The van der Waals surface area contributed by atoms with Gasteiger partial charge < -0.3 is 0 Å². The van der Waals surface area contributed by atoms with E-state index in [9.17, 15) is 4.79 Å². The molecule has 0 aliphatic carbocycles. The van der Waals surface area contributed by atoms with Crippen molar-refractivity contribution in [3.8, 4) is 11.3 Å². The van der Waals surface area contributed by atoms with Crippen LogP contribution in [0.25, 0.3) is 16.9 Å². The maximum absolute atomic E-state index is 12.7. The average Bonchev–Trinajstić information content (AvgIpc) is 3.06. The zero-order chi connectivity index (χ0) is 18.1. The summed E-state index contributed by atoms with van der Waals surface area (Å²) in [5.74, 6) is -0.0505. The predicted octanol–water partition coefficient (Wildman–Crippen LogP) is 3.23. The van der Waals surface area contributed by atoms with Crippen LogP contribution in [-0.2, 0) is 6.42 Å². The zero-order valence-electron chi connectivity index (χ0n) is 14.5. The summed E-state index contributed by atoms with van der Waals surface area (Å²) in [6, 6.07) is 11.4. The van der Waals surface area contributed by atoms with Gasteiger partial charge in [-0.2, -0.15) is 5.10 Å². The van der Waals surface area contributed by atoms with E-state index in [1.165, 1.54) is 0 Å². The molecule has 0 fully saturated rings. The lowest BCUT2D eigenvalue weighted by Crippen LogP contribution is -2.05. The molecule has 0 bridgehead atoms. The molecule has 0 amide bonds. The number of pyridine rings is 2. The molecule has 4 rings (SSSR count). The first kappa shape index (κ1) is 16.1. The van der Waals surface area contributed by atoms with Crippen LogP contribution in [0, 0.1) is 13.8 Å². The molecule has 0 radical (unpaired) electrons. The highest BCUT2D eigenvalue weighted by atomic mass is 16.1. The number of fused-ring (bicyclic) bond motifs is 1. The summed E-state index contributed by atoms with van der Waals surface area (Å²) in [4.78, 5) is 25.7. The highest BCUT2D eigenvalue weighted by molar-refractivity contribution is 6.02. The molecule has 0 aliphatic rings. The number of aromatic nitrogens is 5. The fourth-order valence-electron chi connectivity index (χ4n) is 3.05. The summed E-state index contributed by atoms with van der Waals surface area (Å²) in [6.45, 7) is 3.92. The Hall–Kier alpha value is -3.41. The Bertz CT molecular complexity index is 1080. The Balaban J connectivity index is 1.77. The minimum absolute atomic E-state index is 0.0505. The van der Waals surface area contributed by atoms with E-state index in [4.69, 9.17) is 0 Å². The largest absolute Gasteiger partial charge is 0.294 e. The molecule has 6 nitrogen and oxygen atoms in total. The van der Waals surface area contributed by atoms with Crippen molar-refractivity contribution in [1.82, 2.24) is 24.6 Å². The molecule has 128 valence electrons. The van der Waals surface area contributed by atoms with E-state index in [0.717, 1.165) is 28.3 Å². The minimum Gasteiger partial charge on any atom is -0.294 e. The molecule has 4 aromatic heterocycles. The van der Waals surface area contributed by atoms with Crippen LogP contribution in [0.5, 0.6) is 0 Å². The van der Waals surface area contributed by atoms with Crippen molar-refractivity contribution in [3.05, 3.63) is 77.6 Å². The van der Waals surface area contributed by atoms with Crippen molar-refractivity contribution >= 4 is 11.4 Å². The molecule has 6 heteroatoms. The number of carbonyl (C=O) groups is 1. The van der Waals surface area contributed by atoms with E-state index in [2.05, 4.69) is 20.1 Å². The van der Waals surface area contributed by atoms with Gasteiger partial charge in [-0.25, -0.2) is 9.50 Å². The minimum atomic E-state index is -0.0505. The number of carbonyl (C=O) groups excluding carboxylic acids is 1. The molecule has 4 aromatic rings. The first-order valence-electron chi connectivity index (χ1n) is 8.33. The van der Waals surface area contributed by atoms with Crippen molar-refractivity contribution in [2.24, 2.45) is 0 Å². The third kappa shape index (κ3) is 2.97. The Morgan fingerprint density at radius 3 is 2.58 bits per heavy atom. The van der Waals surface area contributed by atoms with Gasteiger partial charge in [-0.15, -0.1) is 0 Å². The number of hydrogen-bond donors (Lipinski definition) is 0. The summed E-state index contributed by atoms with van der Waals surface area (Å²) in [5.41, 5.74) is 5.52. The van der Waals surface area contributed by atoms with Crippen LogP contribution in [0.2, 0.25) is 0 Å². The van der Waals surface area contributed by atoms with E-state index in [-0.39, 0.29) is 12.2 Å². The quantitative estimate of drug-likeness (QED) is 0.532. The standard InChI is InChI=1S/C20H17N5O/c1-13-9-15(10-14(2)24-13)18-6-8-22-20-17(12-23-25(18)20)19(26)11-16-5-3-4-7-21-16/h3-10,12H,11H2,1-2H3. The van der Waals surface area contributed by atoms with Crippen LogP contribution >= 0.6 is 0 Å². The lowest BCUT2D eigenvalue weighted by molar-refractivity contribution is 0.0993. The first-order valence-corrected chi connectivity index (χ1v) is 8.33. The van der Waals surface area contributed by atoms with Gasteiger partial charge in [0.2, 0.25) is 0 Å². The second-order valence-electron chi connectivity index (χ2n) is 6.18. The van der Waals surface area contributed by atoms with Gasteiger partial charge in [0.25, 0.3) is 0 Å². The zero-order valence-corrected chi connectivity index (χ0v) is 14.5. The SMILES string of the molecule is Cc1cc(-c2ccnc3c(C(=O)Cc4ccccn4)cnn23)cc(C)n1. The van der Waals surface area contributed by atoms with E-state index >= 15 is 0 Å². The molecule has 0 aromatic carbocycles. The normalized spacial score (nSPS) is 11.0. The van der Waals surface area contributed by atoms with Gasteiger partial charge in [-0.3, -0.25) is 14.8 Å². The highest BCUT2D eigenvalue weighted by Gasteiger charge is 2.17. The summed E-state index contributed by atoms with van der Waals surface area (Å²) >= 11 is 0. The molecule has 0 aliphatic heterocycles. The number of nitrogens with zero attached hydrogens (tertiary/aromatic N) is 5. The third-order valence-electron chi connectivity index (χ3n) is 4.15. The topological polar surface area (TPSA) is 73.0 Å². The Morgan fingerprint density at radius 1 is 1.04 bits per heavy atom. The summed E-state index contributed by atoms with van der Waals surface area (Å²) in [6.07, 6.45) is 5.19. The molecule has 0 N–H and O–H groups in total. The summed E-state index contributed by atoms with van der Waals surface area (Å²) in [5, 5.41) is 4.41. The van der Waals surface area contributed by atoms with Gasteiger partial charge >= 0.3 is 0 Å². The molecule has 0 unspecified atom stereocenters. The first-order chi connectivity index (χ1) is 12.6. The van der Waals surface area contributed by atoms with Gasteiger partial charge in [0.05, 0.1) is 23.9 Å². The predicted molar refractivity (Wildman–Crippen MR) is 98.0 cm³/mol. The number of Topliss-reactive ketones (excluding diaryl/α,β-unsaturated/α-hetero) is 1. The van der Waals surface area contributed by atoms with Crippen LogP contribution < -0.4 is 0 Å². The monoisotopic (exact) mass is 343 g/mol. The van der Waals surface area contributed by atoms with Crippen molar-refractivity contribution < 1.29 is 4.79 Å². The molecule has 0 saturated heterocycles. The Morgan fingerprint density at radius 2 is 1.85 bits per heavy atom. The van der Waals surface area contributed by atoms with E-state index in [0.29, 0.717) is 11.2 Å². The number of hydrogen-bond acceptors (Lipinski definition) is 5. The van der Waals surface area contributed by atoms with Gasteiger partial charge in [-0.1, -0.05) is 6.07 Å². The number of aryl methyl sites for hydroxylation is 2. The van der Waals surface area contributed by atoms with Crippen molar-refractivity contribution in [2.45, 2.75) is 20.3 Å². The van der Waals surface area contributed by atoms with Gasteiger partial charge in [0.15, 0.2) is 11.4 Å². The molecular formula is C20H17N5O.